The Hall–Kier alpha value is -1.37. The number of ether oxygens (including phenoxy) is 1. The van der Waals surface area contributed by atoms with Crippen LogP contribution < -0.4 is 10.1 Å². The van der Waals surface area contributed by atoms with E-state index in [0.717, 1.165) is 26.2 Å². The van der Waals surface area contributed by atoms with Crippen LogP contribution in [0.3, 0.4) is 0 Å². The molecule has 0 aliphatic carbocycles. The average molecular weight is 302 g/mol. The standard InChI is InChI=1S/C13H19N3O3.ClH/c1-11-10-14-5-6-15(11)7-8-19-13-4-2-3-12(9-13)16(17)18;/h2-4,9,11,14H,5-8,10H2,1H3;1H/t11-;/m0./s1. The second-order valence-corrected chi connectivity index (χ2v) is 4.69. The highest BCUT2D eigenvalue weighted by atomic mass is 35.5. The monoisotopic (exact) mass is 301 g/mol. The lowest BCUT2D eigenvalue weighted by Gasteiger charge is -2.33. The maximum Gasteiger partial charge on any atom is 0.273 e. The van der Waals surface area contributed by atoms with E-state index in [0.29, 0.717) is 18.4 Å². The number of nitro benzene ring substituents is 1. The van der Waals surface area contributed by atoms with Gasteiger partial charge in [-0.3, -0.25) is 15.0 Å². The Kier molecular flexibility index (Phi) is 6.70. The summed E-state index contributed by atoms with van der Waals surface area (Å²) in [5.74, 6) is 0.553. The minimum absolute atomic E-state index is 0. The molecule has 1 aromatic rings. The third kappa shape index (κ3) is 4.63. The second-order valence-electron chi connectivity index (χ2n) is 4.69. The fraction of sp³-hybridized carbons (Fsp3) is 0.538. The van der Waals surface area contributed by atoms with Crippen LogP contribution in [-0.2, 0) is 0 Å². The minimum atomic E-state index is -0.411. The molecule has 20 heavy (non-hydrogen) atoms. The zero-order chi connectivity index (χ0) is 13.7. The highest BCUT2D eigenvalue weighted by molar-refractivity contribution is 5.85. The van der Waals surface area contributed by atoms with E-state index < -0.39 is 4.92 Å². The van der Waals surface area contributed by atoms with Crippen LogP contribution in [0.1, 0.15) is 6.92 Å². The zero-order valence-electron chi connectivity index (χ0n) is 11.4. The fourth-order valence-electron chi connectivity index (χ4n) is 2.18. The predicted octanol–water partition coefficient (Wildman–Crippen LogP) is 1.69. The summed E-state index contributed by atoms with van der Waals surface area (Å²) in [7, 11) is 0. The molecule has 0 unspecified atom stereocenters. The maximum absolute atomic E-state index is 10.7. The van der Waals surface area contributed by atoms with Crippen molar-refractivity contribution in [2.24, 2.45) is 0 Å². The SMILES string of the molecule is C[C@H]1CNCCN1CCOc1cccc([N+](=O)[O-])c1.Cl. The van der Waals surface area contributed by atoms with Gasteiger partial charge in [-0.1, -0.05) is 6.07 Å². The van der Waals surface area contributed by atoms with E-state index >= 15 is 0 Å². The van der Waals surface area contributed by atoms with Gasteiger partial charge >= 0.3 is 0 Å². The smallest absolute Gasteiger partial charge is 0.273 e. The van der Waals surface area contributed by atoms with E-state index in [-0.39, 0.29) is 18.1 Å². The van der Waals surface area contributed by atoms with Crippen LogP contribution in [0.4, 0.5) is 5.69 Å². The molecular weight excluding hydrogens is 282 g/mol. The Balaban J connectivity index is 0.00000200. The van der Waals surface area contributed by atoms with Crippen LogP contribution in [-0.4, -0.2) is 48.7 Å². The fourth-order valence-corrected chi connectivity index (χ4v) is 2.18. The number of hydrogen-bond donors (Lipinski definition) is 1. The number of rotatable bonds is 5. The normalized spacial score (nSPS) is 19.1. The number of nitro groups is 1. The Morgan fingerprint density at radius 2 is 2.35 bits per heavy atom. The first kappa shape index (κ1) is 16.7. The van der Waals surface area contributed by atoms with Crippen LogP contribution in [0, 0.1) is 10.1 Å². The van der Waals surface area contributed by atoms with Gasteiger partial charge in [-0.2, -0.15) is 0 Å². The summed E-state index contributed by atoms with van der Waals surface area (Å²) in [5.41, 5.74) is 0.0630. The second kappa shape index (κ2) is 8.04. The minimum Gasteiger partial charge on any atom is -0.492 e. The van der Waals surface area contributed by atoms with Gasteiger partial charge < -0.3 is 10.1 Å². The summed E-state index contributed by atoms with van der Waals surface area (Å²) in [6.45, 7) is 6.58. The van der Waals surface area contributed by atoms with E-state index in [9.17, 15) is 10.1 Å². The van der Waals surface area contributed by atoms with E-state index in [1.54, 1.807) is 12.1 Å². The molecule has 1 atom stereocenters. The molecule has 7 heteroatoms. The maximum atomic E-state index is 10.7. The van der Waals surface area contributed by atoms with Gasteiger partial charge in [0, 0.05) is 38.3 Å². The van der Waals surface area contributed by atoms with Gasteiger partial charge in [-0.15, -0.1) is 12.4 Å². The van der Waals surface area contributed by atoms with Gasteiger partial charge in [-0.05, 0) is 13.0 Å². The van der Waals surface area contributed by atoms with Crippen molar-refractivity contribution in [2.75, 3.05) is 32.8 Å². The molecule has 0 amide bonds. The molecule has 6 nitrogen and oxygen atoms in total. The van der Waals surface area contributed by atoms with Crippen LogP contribution in [0.15, 0.2) is 24.3 Å². The molecule has 0 saturated carbocycles. The average Bonchev–Trinajstić information content (AvgIpc) is 2.41. The van der Waals surface area contributed by atoms with Crippen LogP contribution in [0.5, 0.6) is 5.75 Å². The summed E-state index contributed by atoms with van der Waals surface area (Å²) in [5, 5.41) is 14.0. The highest BCUT2D eigenvalue weighted by Gasteiger charge is 2.17. The van der Waals surface area contributed by atoms with Crippen molar-refractivity contribution in [3.63, 3.8) is 0 Å². The molecule has 0 radical (unpaired) electrons. The van der Waals surface area contributed by atoms with Crippen molar-refractivity contribution < 1.29 is 9.66 Å². The van der Waals surface area contributed by atoms with Gasteiger partial charge in [0.2, 0.25) is 0 Å². The summed E-state index contributed by atoms with van der Waals surface area (Å²) in [6, 6.07) is 6.81. The number of nitrogens with one attached hydrogen (secondary N) is 1. The topological polar surface area (TPSA) is 67.6 Å². The third-order valence-corrected chi connectivity index (χ3v) is 3.31. The first-order valence-electron chi connectivity index (χ1n) is 6.49. The lowest BCUT2D eigenvalue weighted by atomic mass is 10.2. The van der Waals surface area contributed by atoms with E-state index in [1.807, 2.05) is 0 Å². The molecule has 0 spiro atoms. The van der Waals surface area contributed by atoms with Crippen molar-refractivity contribution >= 4 is 18.1 Å². The van der Waals surface area contributed by atoms with Gasteiger partial charge in [0.05, 0.1) is 11.0 Å². The van der Waals surface area contributed by atoms with E-state index in [1.165, 1.54) is 12.1 Å². The largest absolute Gasteiger partial charge is 0.492 e. The van der Waals surface area contributed by atoms with E-state index in [2.05, 4.69) is 17.1 Å². The summed E-state index contributed by atoms with van der Waals surface area (Å²) in [6.07, 6.45) is 0. The lowest BCUT2D eigenvalue weighted by molar-refractivity contribution is -0.384. The molecule has 1 aliphatic heterocycles. The van der Waals surface area contributed by atoms with Crippen LogP contribution >= 0.6 is 12.4 Å². The molecule has 1 N–H and O–H groups in total. The number of nitrogens with zero attached hydrogens (tertiary/aromatic N) is 2. The zero-order valence-corrected chi connectivity index (χ0v) is 12.3. The lowest BCUT2D eigenvalue weighted by Crippen LogP contribution is -2.50. The quantitative estimate of drug-likeness (QED) is 0.662. The number of hydrogen-bond acceptors (Lipinski definition) is 5. The molecule has 0 aromatic heterocycles. The van der Waals surface area contributed by atoms with Gasteiger partial charge in [0.25, 0.3) is 5.69 Å². The van der Waals surface area contributed by atoms with Crippen LogP contribution in [0.25, 0.3) is 0 Å². The molecular formula is C13H20ClN3O3. The molecule has 1 saturated heterocycles. The van der Waals surface area contributed by atoms with Gasteiger partial charge in [0.15, 0.2) is 0 Å². The number of piperazine rings is 1. The van der Waals surface area contributed by atoms with Crippen molar-refractivity contribution in [3.8, 4) is 5.75 Å². The number of benzene rings is 1. The first-order chi connectivity index (χ1) is 9.16. The molecule has 2 rings (SSSR count). The summed E-state index contributed by atoms with van der Waals surface area (Å²) >= 11 is 0. The summed E-state index contributed by atoms with van der Waals surface area (Å²) < 4.78 is 5.58. The van der Waals surface area contributed by atoms with Crippen molar-refractivity contribution in [3.05, 3.63) is 34.4 Å². The van der Waals surface area contributed by atoms with Crippen LogP contribution in [0.2, 0.25) is 0 Å². The number of halogens is 1. The molecule has 1 aliphatic rings. The van der Waals surface area contributed by atoms with Crippen molar-refractivity contribution in [1.82, 2.24) is 10.2 Å². The van der Waals surface area contributed by atoms with Gasteiger partial charge in [-0.25, -0.2) is 0 Å². The van der Waals surface area contributed by atoms with Crippen molar-refractivity contribution in [2.45, 2.75) is 13.0 Å². The predicted molar refractivity (Wildman–Crippen MR) is 79.7 cm³/mol. The number of non-ortho nitro benzene ring substituents is 1. The van der Waals surface area contributed by atoms with Gasteiger partial charge in [0.1, 0.15) is 12.4 Å². The molecule has 1 fully saturated rings. The Labute approximate surface area is 124 Å². The Morgan fingerprint density at radius 1 is 1.55 bits per heavy atom. The van der Waals surface area contributed by atoms with Crippen molar-refractivity contribution in [1.29, 1.82) is 0 Å². The molecule has 1 heterocycles. The molecule has 1 aromatic carbocycles. The Morgan fingerprint density at radius 3 is 3.05 bits per heavy atom. The molecule has 0 bridgehead atoms. The molecule has 112 valence electrons. The summed E-state index contributed by atoms with van der Waals surface area (Å²) in [4.78, 5) is 12.6. The van der Waals surface area contributed by atoms with E-state index in [4.69, 9.17) is 4.74 Å². The Bertz CT molecular complexity index is 445. The third-order valence-electron chi connectivity index (χ3n) is 3.31. The highest BCUT2D eigenvalue weighted by Crippen LogP contribution is 2.19. The first-order valence-corrected chi connectivity index (χ1v) is 6.49.